The molecule has 1 saturated heterocycles. The summed E-state index contributed by atoms with van der Waals surface area (Å²) in [4.78, 5) is 33.0. The van der Waals surface area contributed by atoms with Crippen molar-refractivity contribution in [2.24, 2.45) is 5.92 Å². The summed E-state index contributed by atoms with van der Waals surface area (Å²) in [6, 6.07) is 16.8. The average molecular weight is 408 g/mol. The molecule has 0 radical (unpaired) electrons. The van der Waals surface area contributed by atoms with Gasteiger partial charge in [0.25, 0.3) is 5.56 Å². The van der Waals surface area contributed by atoms with Crippen LogP contribution >= 0.6 is 11.8 Å². The highest BCUT2D eigenvalue weighted by atomic mass is 32.2. The Bertz CT molecular complexity index is 1080. The SMILES string of the molecule is C[C@H]1CCCN(C(=O)[C@H](C)Sc2nc3ccccc3c(=O)n2-c2ccccc2)C1. The minimum Gasteiger partial charge on any atom is -0.341 e. The molecular formula is C23H25N3O2S. The van der Waals surface area contributed by atoms with Crippen LogP contribution in [0.25, 0.3) is 16.6 Å². The van der Waals surface area contributed by atoms with Crippen LogP contribution in [-0.2, 0) is 4.79 Å². The molecular weight excluding hydrogens is 382 g/mol. The van der Waals surface area contributed by atoms with Crippen LogP contribution in [-0.4, -0.2) is 38.7 Å². The van der Waals surface area contributed by atoms with Crippen molar-refractivity contribution in [1.82, 2.24) is 14.5 Å². The van der Waals surface area contributed by atoms with Gasteiger partial charge in [-0.2, -0.15) is 0 Å². The molecule has 0 bridgehead atoms. The van der Waals surface area contributed by atoms with Gasteiger partial charge in [0.1, 0.15) is 0 Å². The van der Waals surface area contributed by atoms with E-state index in [1.807, 2.05) is 60.4 Å². The Morgan fingerprint density at radius 1 is 1.14 bits per heavy atom. The number of likely N-dealkylation sites (tertiary alicyclic amines) is 1. The van der Waals surface area contributed by atoms with E-state index < -0.39 is 0 Å². The number of piperidine rings is 1. The van der Waals surface area contributed by atoms with Crippen molar-refractivity contribution in [2.75, 3.05) is 13.1 Å². The van der Waals surface area contributed by atoms with Gasteiger partial charge in [-0.3, -0.25) is 14.2 Å². The Hall–Kier alpha value is -2.60. The van der Waals surface area contributed by atoms with Crippen LogP contribution in [0.2, 0.25) is 0 Å². The molecule has 5 nitrogen and oxygen atoms in total. The molecule has 0 spiro atoms. The molecule has 2 heterocycles. The maximum atomic E-state index is 13.3. The van der Waals surface area contributed by atoms with Crippen molar-refractivity contribution < 1.29 is 4.79 Å². The van der Waals surface area contributed by atoms with Crippen molar-refractivity contribution in [1.29, 1.82) is 0 Å². The van der Waals surface area contributed by atoms with Gasteiger partial charge < -0.3 is 4.90 Å². The standard InChI is InChI=1S/C23H25N3O2S/c1-16-9-8-14-25(15-16)21(27)17(2)29-23-24-20-13-7-6-12-19(20)22(28)26(23)18-10-4-3-5-11-18/h3-7,10-13,16-17H,8-9,14-15H2,1-2H3/t16-,17-/m0/s1. The monoisotopic (exact) mass is 407 g/mol. The van der Waals surface area contributed by atoms with Crippen molar-refractivity contribution in [3.63, 3.8) is 0 Å². The number of carbonyl (C=O) groups excluding carboxylic acids is 1. The second-order valence-corrected chi connectivity index (χ2v) is 8.99. The summed E-state index contributed by atoms with van der Waals surface area (Å²) in [5.41, 5.74) is 1.29. The number of hydrogen-bond acceptors (Lipinski definition) is 4. The number of rotatable bonds is 4. The first-order chi connectivity index (χ1) is 14.0. The molecule has 2 atom stereocenters. The van der Waals surface area contributed by atoms with Crippen LogP contribution in [0, 0.1) is 5.92 Å². The number of amides is 1. The van der Waals surface area contributed by atoms with E-state index in [9.17, 15) is 9.59 Å². The molecule has 1 amide bonds. The highest BCUT2D eigenvalue weighted by molar-refractivity contribution is 8.00. The Labute approximate surface area is 174 Å². The van der Waals surface area contributed by atoms with E-state index in [1.165, 1.54) is 18.2 Å². The maximum absolute atomic E-state index is 13.3. The molecule has 0 saturated carbocycles. The highest BCUT2D eigenvalue weighted by Crippen LogP contribution is 2.27. The van der Waals surface area contributed by atoms with Crippen molar-refractivity contribution in [3.05, 3.63) is 65.0 Å². The molecule has 0 unspecified atom stereocenters. The molecule has 0 N–H and O–H groups in total. The smallest absolute Gasteiger partial charge is 0.266 e. The van der Waals surface area contributed by atoms with Gasteiger partial charge in [0.05, 0.1) is 21.8 Å². The molecule has 0 aliphatic carbocycles. The summed E-state index contributed by atoms with van der Waals surface area (Å²) in [6.07, 6.45) is 2.22. The molecule has 1 aliphatic rings. The number of aromatic nitrogens is 2. The van der Waals surface area contributed by atoms with Gasteiger partial charge in [-0.1, -0.05) is 49.0 Å². The zero-order chi connectivity index (χ0) is 20.4. The molecule has 1 aliphatic heterocycles. The van der Waals surface area contributed by atoms with Gasteiger partial charge in [0.15, 0.2) is 5.16 Å². The van der Waals surface area contributed by atoms with E-state index in [2.05, 4.69) is 6.92 Å². The molecule has 1 aromatic heterocycles. The van der Waals surface area contributed by atoms with Gasteiger partial charge in [-0.15, -0.1) is 0 Å². The minimum atomic E-state index is -0.316. The van der Waals surface area contributed by atoms with Gasteiger partial charge in [0.2, 0.25) is 5.91 Å². The van der Waals surface area contributed by atoms with Crippen LogP contribution in [0.3, 0.4) is 0 Å². The highest BCUT2D eigenvalue weighted by Gasteiger charge is 2.27. The molecule has 1 fully saturated rings. The Morgan fingerprint density at radius 2 is 1.86 bits per heavy atom. The molecule has 29 heavy (non-hydrogen) atoms. The lowest BCUT2D eigenvalue weighted by molar-refractivity contribution is -0.132. The summed E-state index contributed by atoms with van der Waals surface area (Å²) in [7, 11) is 0. The predicted molar refractivity (Wildman–Crippen MR) is 118 cm³/mol. The molecule has 6 heteroatoms. The third-order valence-corrected chi connectivity index (χ3v) is 6.40. The minimum absolute atomic E-state index is 0.114. The first-order valence-corrected chi connectivity index (χ1v) is 10.9. The third kappa shape index (κ3) is 4.08. The number of fused-ring (bicyclic) bond motifs is 1. The lowest BCUT2D eigenvalue weighted by Gasteiger charge is -2.32. The number of para-hydroxylation sites is 2. The normalized spacial score (nSPS) is 18.0. The maximum Gasteiger partial charge on any atom is 0.266 e. The zero-order valence-corrected chi connectivity index (χ0v) is 17.6. The topological polar surface area (TPSA) is 55.2 Å². The fourth-order valence-electron chi connectivity index (χ4n) is 3.85. The van der Waals surface area contributed by atoms with E-state index in [-0.39, 0.29) is 16.7 Å². The van der Waals surface area contributed by atoms with E-state index in [1.54, 1.807) is 10.6 Å². The molecule has 2 aromatic carbocycles. The fourth-order valence-corrected chi connectivity index (χ4v) is 4.86. The predicted octanol–water partition coefficient (Wildman–Crippen LogP) is 4.12. The van der Waals surface area contributed by atoms with E-state index in [0.29, 0.717) is 22.0 Å². The Balaban J connectivity index is 1.72. The fraction of sp³-hybridized carbons (Fsp3) is 0.348. The number of hydrogen-bond donors (Lipinski definition) is 0. The van der Waals surface area contributed by atoms with E-state index in [4.69, 9.17) is 4.98 Å². The quantitative estimate of drug-likeness (QED) is 0.482. The largest absolute Gasteiger partial charge is 0.341 e. The summed E-state index contributed by atoms with van der Waals surface area (Å²) < 4.78 is 1.62. The van der Waals surface area contributed by atoms with Gasteiger partial charge >= 0.3 is 0 Å². The number of benzene rings is 2. The Morgan fingerprint density at radius 3 is 2.62 bits per heavy atom. The molecule has 3 aromatic rings. The second-order valence-electron chi connectivity index (χ2n) is 7.68. The van der Waals surface area contributed by atoms with Crippen molar-refractivity contribution in [2.45, 2.75) is 37.1 Å². The van der Waals surface area contributed by atoms with Crippen molar-refractivity contribution >= 4 is 28.6 Å². The van der Waals surface area contributed by atoms with E-state index in [0.717, 1.165) is 25.2 Å². The molecule has 150 valence electrons. The van der Waals surface area contributed by atoms with Crippen LogP contribution in [0.4, 0.5) is 0 Å². The summed E-state index contributed by atoms with van der Waals surface area (Å²) in [5.74, 6) is 0.648. The number of carbonyl (C=O) groups is 1. The summed E-state index contributed by atoms with van der Waals surface area (Å²) in [6.45, 7) is 5.71. The van der Waals surface area contributed by atoms with Gasteiger partial charge in [-0.05, 0) is 49.9 Å². The lowest BCUT2D eigenvalue weighted by atomic mass is 10.0. The number of nitrogens with zero attached hydrogens (tertiary/aromatic N) is 3. The molecule has 4 rings (SSSR count). The average Bonchev–Trinajstić information content (AvgIpc) is 2.74. The summed E-state index contributed by atoms with van der Waals surface area (Å²) in [5, 5.41) is 0.804. The number of thioether (sulfide) groups is 1. The summed E-state index contributed by atoms with van der Waals surface area (Å²) >= 11 is 1.36. The van der Waals surface area contributed by atoms with Gasteiger partial charge in [0, 0.05) is 13.1 Å². The van der Waals surface area contributed by atoms with Crippen LogP contribution in [0.5, 0.6) is 0 Å². The second kappa shape index (κ2) is 8.41. The van der Waals surface area contributed by atoms with Crippen LogP contribution < -0.4 is 5.56 Å². The zero-order valence-electron chi connectivity index (χ0n) is 16.7. The third-order valence-electron chi connectivity index (χ3n) is 5.36. The van der Waals surface area contributed by atoms with Crippen LogP contribution in [0.15, 0.2) is 64.5 Å². The van der Waals surface area contributed by atoms with E-state index >= 15 is 0 Å². The Kier molecular flexibility index (Phi) is 5.72. The van der Waals surface area contributed by atoms with Crippen molar-refractivity contribution in [3.8, 4) is 5.69 Å². The lowest BCUT2D eigenvalue weighted by Crippen LogP contribution is -2.42. The first kappa shape index (κ1) is 19.7. The first-order valence-electron chi connectivity index (χ1n) is 10.1. The van der Waals surface area contributed by atoms with Crippen LogP contribution in [0.1, 0.15) is 26.7 Å². The van der Waals surface area contributed by atoms with Gasteiger partial charge in [-0.25, -0.2) is 4.98 Å².